The molecule has 3 rings (SSSR count). The summed E-state index contributed by atoms with van der Waals surface area (Å²) in [6.45, 7) is 0.401. The lowest BCUT2D eigenvalue weighted by Gasteiger charge is -2.29. The number of sulfonamides is 1. The third-order valence-corrected chi connectivity index (χ3v) is 5.38. The molecule has 3 aliphatic heterocycles. The maximum absolute atomic E-state index is 12.7. The van der Waals surface area contributed by atoms with Crippen molar-refractivity contribution in [2.24, 2.45) is 4.40 Å². The van der Waals surface area contributed by atoms with E-state index in [-0.39, 0.29) is 42.8 Å². The molecule has 3 aliphatic rings. The summed E-state index contributed by atoms with van der Waals surface area (Å²) in [5.74, 6) is -1.38. The van der Waals surface area contributed by atoms with E-state index in [1.54, 1.807) is 4.90 Å². The first-order valence-electron chi connectivity index (χ1n) is 7.36. The number of likely N-dealkylation sites (tertiary alicyclic amines) is 1. The Morgan fingerprint density at radius 2 is 2.12 bits per heavy atom. The second-order valence-electron chi connectivity index (χ2n) is 5.75. The Morgan fingerprint density at radius 1 is 1.38 bits per heavy atom. The fourth-order valence-electron chi connectivity index (χ4n) is 2.92. The lowest BCUT2D eigenvalue weighted by Crippen LogP contribution is -2.43. The Morgan fingerprint density at radius 3 is 2.79 bits per heavy atom. The molecule has 10 heteroatoms. The maximum Gasteiger partial charge on any atom is 0.326 e. The number of hydrogen-bond donors (Lipinski definition) is 1. The second kappa shape index (κ2) is 6.02. The molecule has 0 aromatic heterocycles. The van der Waals surface area contributed by atoms with Crippen molar-refractivity contribution >= 4 is 27.7 Å². The van der Waals surface area contributed by atoms with E-state index in [0.29, 0.717) is 0 Å². The zero-order chi connectivity index (χ0) is 17.5. The van der Waals surface area contributed by atoms with Crippen LogP contribution in [0.15, 0.2) is 28.3 Å². The number of amidine groups is 1. The molecule has 1 N–H and O–H groups in total. The van der Waals surface area contributed by atoms with Crippen molar-refractivity contribution < 1.29 is 27.9 Å². The number of aliphatic carboxylic acids is 1. The minimum atomic E-state index is -3.46. The average Bonchev–Trinajstić information content (AvgIpc) is 2.97. The monoisotopic (exact) mass is 355 g/mol. The van der Waals surface area contributed by atoms with E-state index in [9.17, 15) is 23.1 Å². The van der Waals surface area contributed by atoms with Crippen molar-refractivity contribution in [3.05, 3.63) is 23.9 Å². The topological polar surface area (TPSA) is 117 Å². The summed E-state index contributed by atoms with van der Waals surface area (Å²) in [5.41, 5.74) is 0.288. The highest BCUT2D eigenvalue weighted by atomic mass is 32.2. The lowest BCUT2D eigenvalue weighted by atomic mass is 10.1. The zero-order valence-electron chi connectivity index (χ0n) is 13.0. The van der Waals surface area contributed by atoms with E-state index in [0.717, 1.165) is 0 Å². The van der Waals surface area contributed by atoms with Crippen molar-refractivity contribution in [3.63, 3.8) is 0 Å². The van der Waals surface area contributed by atoms with Crippen LogP contribution in [-0.2, 0) is 24.3 Å². The molecular formula is C14H17N3O6S. The number of methoxy groups -OCH3 is 1. The summed E-state index contributed by atoms with van der Waals surface area (Å²) in [5, 5.41) is 9.31. The highest BCUT2D eigenvalue weighted by Gasteiger charge is 2.41. The highest BCUT2D eigenvalue weighted by molar-refractivity contribution is 7.90. The van der Waals surface area contributed by atoms with E-state index < -0.39 is 27.9 Å². The zero-order valence-corrected chi connectivity index (χ0v) is 13.8. The van der Waals surface area contributed by atoms with Crippen LogP contribution in [-0.4, -0.2) is 79.1 Å². The molecule has 130 valence electrons. The molecule has 2 unspecified atom stereocenters. The van der Waals surface area contributed by atoms with Crippen LogP contribution in [0, 0.1) is 0 Å². The van der Waals surface area contributed by atoms with Crippen molar-refractivity contribution in [1.29, 1.82) is 0 Å². The quantitative estimate of drug-likeness (QED) is 0.703. The predicted octanol–water partition coefficient (Wildman–Crippen LogP) is -0.815. The van der Waals surface area contributed by atoms with Crippen LogP contribution in [0.25, 0.3) is 0 Å². The summed E-state index contributed by atoms with van der Waals surface area (Å²) < 4.78 is 31.8. The minimum Gasteiger partial charge on any atom is -0.480 e. The molecule has 1 fully saturated rings. The van der Waals surface area contributed by atoms with Gasteiger partial charge in [0.1, 0.15) is 11.9 Å². The molecule has 0 aromatic carbocycles. The van der Waals surface area contributed by atoms with Crippen LogP contribution in [0.3, 0.4) is 0 Å². The smallest absolute Gasteiger partial charge is 0.326 e. The SMILES string of the molecule is COC1CC(C(=O)O)N(C(=O)C2=CN3CCS(=O)(=O)N=C3C=C2)C1. The summed E-state index contributed by atoms with van der Waals surface area (Å²) >= 11 is 0. The molecular weight excluding hydrogens is 338 g/mol. The molecule has 0 spiro atoms. The first-order chi connectivity index (χ1) is 11.3. The fraction of sp³-hybridized carbons (Fsp3) is 0.500. The molecule has 0 radical (unpaired) electrons. The molecule has 0 saturated carbocycles. The number of carbonyl (C=O) groups is 2. The summed E-state index contributed by atoms with van der Waals surface area (Å²) in [6, 6.07) is -0.937. The van der Waals surface area contributed by atoms with Gasteiger partial charge in [-0.1, -0.05) is 0 Å². The summed E-state index contributed by atoms with van der Waals surface area (Å²) in [4.78, 5) is 26.9. The number of carboxylic acids is 1. The first-order valence-corrected chi connectivity index (χ1v) is 8.97. The van der Waals surface area contributed by atoms with Gasteiger partial charge in [-0.15, -0.1) is 4.40 Å². The number of carboxylic acid groups (broad SMARTS) is 1. The van der Waals surface area contributed by atoms with Gasteiger partial charge in [0.15, 0.2) is 0 Å². The van der Waals surface area contributed by atoms with Gasteiger partial charge in [0.2, 0.25) is 0 Å². The van der Waals surface area contributed by atoms with Crippen molar-refractivity contribution in [2.45, 2.75) is 18.6 Å². The van der Waals surface area contributed by atoms with Crippen molar-refractivity contribution in [3.8, 4) is 0 Å². The Balaban J connectivity index is 1.83. The average molecular weight is 355 g/mol. The Labute approximate surface area is 138 Å². The Hall–Kier alpha value is -2.20. The second-order valence-corrected chi connectivity index (χ2v) is 7.51. The number of fused-ring (bicyclic) bond motifs is 1. The van der Waals surface area contributed by atoms with Gasteiger partial charge in [-0.2, -0.15) is 0 Å². The first kappa shape index (κ1) is 16.7. The molecule has 0 aliphatic carbocycles. The van der Waals surface area contributed by atoms with Gasteiger partial charge >= 0.3 is 5.97 Å². The van der Waals surface area contributed by atoms with Gasteiger partial charge in [-0.25, -0.2) is 13.2 Å². The van der Waals surface area contributed by atoms with Crippen LogP contribution >= 0.6 is 0 Å². The van der Waals surface area contributed by atoms with Crippen LogP contribution in [0.1, 0.15) is 6.42 Å². The number of rotatable bonds is 3. The minimum absolute atomic E-state index is 0.129. The normalized spacial score (nSPS) is 28.2. The van der Waals surface area contributed by atoms with Gasteiger partial charge in [0.25, 0.3) is 15.9 Å². The van der Waals surface area contributed by atoms with E-state index in [2.05, 4.69) is 4.40 Å². The van der Waals surface area contributed by atoms with Gasteiger partial charge in [-0.3, -0.25) is 4.79 Å². The molecule has 24 heavy (non-hydrogen) atoms. The van der Waals surface area contributed by atoms with Crippen molar-refractivity contribution in [1.82, 2.24) is 9.80 Å². The largest absolute Gasteiger partial charge is 0.480 e. The van der Waals surface area contributed by atoms with Gasteiger partial charge in [0, 0.05) is 32.8 Å². The summed E-state index contributed by atoms with van der Waals surface area (Å²) in [7, 11) is -1.98. The van der Waals surface area contributed by atoms with Crippen LogP contribution < -0.4 is 0 Å². The number of ether oxygens (including phenoxy) is 1. The van der Waals surface area contributed by atoms with Gasteiger partial charge in [0.05, 0.1) is 17.4 Å². The van der Waals surface area contributed by atoms with Crippen LogP contribution in [0.2, 0.25) is 0 Å². The molecule has 9 nitrogen and oxygen atoms in total. The van der Waals surface area contributed by atoms with Crippen LogP contribution in [0.5, 0.6) is 0 Å². The molecule has 1 saturated heterocycles. The van der Waals surface area contributed by atoms with E-state index in [1.165, 1.54) is 30.4 Å². The van der Waals surface area contributed by atoms with E-state index in [4.69, 9.17) is 4.74 Å². The summed E-state index contributed by atoms with van der Waals surface area (Å²) in [6.07, 6.45) is 4.33. The van der Waals surface area contributed by atoms with Gasteiger partial charge < -0.3 is 19.6 Å². The van der Waals surface area contributed by atoms with Crippen LogP contribution in [0.4, 0.5) is 0 Å². The number of carbonyl (C=O) groups excluding carboxylic acids is 1. The molecule has 2 atom stereocenters. The third-order valence-electron chi connectivity index (χ3n) is 4.21. The number of amides is 1. The van der Waals surface area contributed by atoms with Crippen molar-refractivity contribution in [2.75, 3.05) is 26.0 Å². The standard InChI is InChI=1S/C14H17N3O6S/c1-23-10-6-11(14(19)20)17(8-10)13(18)9-2-3-12-15-24(21,22)5-4-16(12)7-9/h2-3,7,10-11H,4-6,8H2,1H3,(H,19,20). The third kappa shape index (κ3) is 3.06. The maximum atomic E-state index is 12.7. The molecule has 3 heterocycles. The van der Waals surface area contributed by atoms with Gasteiger partial charge in [-0.05, 0) is 12.2 Å². The predicted molar refractivity (Wildman–Crippen MR) is 83.7 cm³/mol. The molecule has 0 bridgehead atoms. The molecule has 1 amide bonds. The highest BCUT2D eigenvalue weighted by Crippen LogP contribution is 2.24. The van der Waals surface area contributed by atoms with E-state index >= 15 is 0 Å². The Bertz CT molecular complexity index is 769. The number of hydrogen-bond acceptors (Lipinski definition) is 6. The lowest BCUT2D eigenvalue weighted by molar-refractivity contribution is -0.146. The van der Waals surface area contributed by atoms with E-state index in [1.807, 2.05) is 0 Å². The fourth-order valence-corrected chi connectivity index (χ4v) is 3.89. The number of nitrogens with zero attached hydrogens (tertiary/aromatic N) is 3. The Kier molecular flexibility index (Phi) is 4.18. The molecule has 0 aromatic rings.